The molecular weight excluding hydrogens is 456 g/mol. The second-order valence-electron chi connectivity index (χ2n) is 7.74. The molecule has 1 heterocycles. The van der Waals surface area contributed by atoms with E-state index in [0.29, 0.717) is 35.2 Å². The van der Waals surface area contributed by atoms with Crippen LogP contribution in [0.2, 0.25) is 5.02 Å². The highest BCUT2D eigenvalue weighted by molar-refractivity contribution is 6.31. The third kappa shape index (κ3) is 4.39. The molecule has 0 spiro atoms. The number of urea groups is 1. The molecule has 2 amide bonds. The van der Waals surface area contributed by atoms with Gasteiger partial charge < -0.3 is 24.4 Å². The van der Waals surface area contributed by atoms with Gasteiger partial charge in [-0.05, 0) is 53.4 Å². The second-order valence-corrected chi connectivity index (χ2v) is 8.15. The number of carbonyl (C=O) groups is 2. The Hall–Kier alpha value is -3.71. The summed E-state index contributed by atoms with van der Waals surface area (Å²) in [5.74, 6) is 0.667. The molecule has 3 aromatic rings. The lowest BCUT2D eigenvalue weighted by molar-refractivity contribution is 0.0602. The quantitative estimate of drug-likeness (QED) is 0.500. The first-order valence-corrected chi connectivity index (χ1v) is 11.1. The van der Waals surface area contributed by atoms with Gasteiger partial charge in [0.25, 0.3) is 0 Å². The van der Waals surface area contributed by atoms with Crippen LogP contribution >= 0.6 is 11.6 Å². The number of benzene rings is 3. The fourth-order valence-corrected chi connectivity index (χ4v) is 4.50. The summed E-state index contributed by atoms with van der Waals surface area (Å²) in [5.41, 5.74) is 3.37. The number of methoxy groups -OCH3 is 3. The molecule has 0 fully saturated rings. The van der Waals surface area contributed by atoms with Crippen LogP contribution in [0.3, 0.4) is 0 Å². The topological polar surface area (TPSA) is 77.1 Å². The van der Waals surface area contributed by atoms with Crippen molar-refractivity contribution in [1.29, 1.82) is 0 Å². The molecule has 1 unspecified atom stereocenters. The monoisotopic (exact) mass is 480 g/mol. The van der Waals surface area contributed by atoms with Gasteiger partial charge in [-0.1, -0.05) is 41.9 Å². The largest absolute Gasteiger partial charge is 0.493 e. The molecule has 1 atom stereocenters. The van der Waals surface area contributed by atoms with Gasteiger partial charge in [0.2, 0.25) is 0 Å². The Morgan fingerprint density at radius 1 is 0.941 bits per heavy atom. The van der Waals surface area contributed by atoms with Gasteiger partial charge in [0.05, 0.1) is 38.6 Å². The minimum absolute atomic E-state index is 0.274. The number of rotatable bonds is 5. The first kappa shape index (κ1) is 23.4. The zero-order valence-electron chi connectivity index (χ0n) is 19.1. The normalized spacial score (nSPS) is 14.7. The van der Waals surface area contributed by atoms with Crippen LogP contribution in [0.1, 0.15) is 33.1 Å². The van der Waals surface area contributed by atoms with Gasteiger partial charge in [-0.15, -0.1) is 0 Å². The van der Waals surface area contributed by atoms with Crippen LogP contribution in [0, 0.1) is 0 Å². The minimum Gasteiger partial charge on any atom is -0.493 e. The van der Waals surface area contributed by atoms with Crippen molar-refractivity contribution in [1.82, 2.24) is 4.90 Å². The second kappa shape index (κ2) is 10.1. The molecule has 1 aliphatic heterocycles. The predicted octanol–water partition coefficient (Wildman–Crippen LogP) is 5.32. The van der Waals surface area contributed by atoms with Gasteiger partial charge in [-0.2, -0.15) is 0 Å². The Morgan fingerprint density at radius 2 is 1.62 bits per heavy atom. The fraction of sp³-hybridized carbons (Fsp3) is 0.231. The molecule has 4 rings (SSSR count). The molecule has 0 saturated carbocycles. The van der Waals surface area contributed by atoms with E-state index in [9.17, 15) is 9.59 Å². The first-order chi connectivity index (χ1) is 16.5. The highest BCUT2D eigenvalue weighted by Crippen LogP contribution is 2.43. The number of amides is 2. The summed E-state index contributed by atoms with van der Waals surface area (Å²) in [6.07, 6.45) is 0.614. The number of halogens is 1. The number of nitrogens with zero attached hydrogens (tertiary/aromatic N) is 1. The van der Waals surface area contributed by atoms with Gasteiger partial charge in [0, 0.05) is 11.6 Å². The Bertz CT molecular complexity index is 1230. The van der Waals surface area contributed by atoms with E-state index in [1.165, 1.54) is 7.11 Å². The minimum atomic E-state index is -0.528. The average molecular weight is 481 g/mol. The van der Waals surface area contributed by atoms with Gasteiger partial charge in [0.15, 0.2) is 11.5 Å². The van der Waals surface area contributed by atoms with E-state index in [1.54, 1.807) is 49.5 Å². The summed E-state index contributed by atoms with van der Waals surface area (Å²) in [5, 5.41) is 3.43. The highest BCUT2D eigenvalue weighted by atomic mass is 35.5. The molecule has 1 N–H and O–H groups in total. The van der Waals surface area contributed by atoms with Crippen molar-refractivity contribution in [3.05, 3.63) is 87.9 Å². The maximum Gasteiger partial charge on any atom is 0.339 e. The molecule has 0 aromatic heterocycles. The van der Waals surface area contributed by atoms with Gasteiger partial charge in [-0.25, -0.2) is 9.59 Å². The number of nitrogens with one attached hydrogen (secondary N) is 1. The number of fused-ring (bicyclic) bond motifs is 1. The van der Waals surface area contributed by atoms with Gasteiger partial charge in [0.1, 0.15) is 0 Å². The standard InChI is InChI=1S/C26H25ClN2O5/c1-32-22-14-16-12-13-29(26(31)28-21-11-7-5-9-18(21)25(30)34-3)24(19(16)15-23(22)33-2)17-8-4-6-10-20(17)27/h4-11,14-15,24H,12-13H2,1-3H3,(H,28,31). The molecule has 8 heteroatoms. The molecule has 0 saturated heterocycles. The zero-order chi connectivity index (χ0) is 24.2. The zero-order valence-corrected chi connectivity index (χ0v) is 19.9. The molecule has 3 aromatic carbocycles. The Labute approximate surface area is 203 Å². The lowest BCUT2D eigenvalue weighted by atomic mass is 9.87. The number of anilines is 1. The van der Waals surface area contributed by atoms with Crippen LogP contribution < -0.4 is 14.8 Å². The van der Waals surface area contributed by atoms with Crippen molar-refractivity contribution in [2.45, 2.75) is 12.5 Å². The van der Waals surface area contributed by atoms with Crippen LogP contribution in [-0.2, 0) is 11.2 Å². The number of para-hydroxylation sites is 1. The van der Waals surface area contributed by atoms with Gasteiger partial charge >= 0.3 is 12.0 Å². The summed E-state index contributed by atoms with van der Waals surface area (Å²) < 4.78 is 15.9. The van der Waals surface area contributed by atoms with E-state index in [2.05, 4.69) is 5.32 Å². The lowest BCUT2D eigenvalue weighted by Crippen LogP contribution is -2.43. The summed E-state index contributed by atoms with van der Waals surface area (Å²) in [6.45, 7) is 0.435. The van der Waals surface area contributed by atoms with Crippen LogP contribution in [0.15, 0.2) is 60.7 Å². The predicted molar refractivity (Wildman–Crippen MR) is 130 cm³/mol. The maximum atomic E-state index is 13.6. The molecule has 0 radical (unpaired) electrons. The maximum absolute atomic E-state index is 13.6. The molecule has 176 valence electrons. The molecule has 1 aliphatic rings. The molecule has 7 nitrogen and oxygen atoms in total. The van der Waals surface area contributed by atoms with Crippen LogP contribution in [0.5, 0.6) is 11.5 Å². The van der Waals surface area contributed by atoms with Crippen molar-refractivity contribution >= 4 is 29.3 Å². The smallest absolute Gasteiger partial charge is 0.339 e. The summed E-state index contributed by atoms with van der Waals surface area (Å²) in [6, 6.07) is 17.2. The van der Waals surface area contributed by atoms with E-state index in [-0.39, 0.29) is 11.6 Å². The highest BCUT2D eigenvalue weighted by Gasteiger charge is 2.35. The van der Waals surface area contributed by atoms with Gasteiger partial charge in [-0.3, -0.25) is 0 Å². The Morgan fingerprint density at radius 3 is 2.32 bits per heavy atom. The van der Waals surface area contributed by atoms with E-state index < -0.39 is 12.0 Å². The number of ether oxygens (including phenoxy) is 3. The Kier molecular flexibility index (Phi) is 6.93. The molecule has 0 aliphatic carbocycles. The van der Waals surface area contributed by atoms with Crippen molar-refractivity contribution in [2.24, 2.45) is 0 Å². The SMILES string of the molecule is COC(=O)c1ccccc1NC(=O)N1CCc2cc(OC)c(OC)cc2C1c1ccccc1Cl. The van der Waals surface area contributed by atoms with Crippen molar-refractivity contribution < 1.29 is 23.8 Å². The lowest BCUT2D eigenvalue weighted by Gasteiger charge is -2.38. The van der Waals surface area contributed by atoms with E-state index in [1.807, 2.05) is 30.3 Å². The molecule has 34 heavy (non-hydrogen) atoms. The van der Waals surface area contributed by atoms with Crippen molar-refractivity contribution in [3.63, 3.8) is 0 Å². The number of carbonyl (C=O) groups excluding carboxylic acids is 2. The number of esters is 1. The van der Waals surface area contributed by atoms with Crippen LogP contribution in [-0.4, -0.2) is 44.8 Å². The van der Waals surface area contributed by atoms with Crippen LogP contribution in [0.25, 0.3) is 0 Å². The molecular formula is C26H25ClN2O5. The van der Waals surface area contributed by atoms with E-state index in [4.69, 9.17) is 25.8 Å². The fourth-order valence-electron chi connectivity index (χ4n) is 4.26. The van der Waals surface area contributed by atoms with Crippen LogP contribution in [0.4, 0.5) is 10.5 Å². The number of hydrogen-bond acceptors (Lipinski definition) is 5. The van der Waals surface area contributed by atoms with E-state index in [0.717, 1.165) is 16.7 Å². The average Bonchev–Trinajstić information content (AvgIpc) is 2.87. The third-order valence-electron chi connectivity index (χ3n) is 5.91. The molecule has 0 bridgehead atoms. The number of hydrogen-bond donors (Lipinski definition) is 1. The summed E-state index contributed by atoms with van der Waals surface area (Å²) in [7, 11) is 4.47. The summed E-state index contributed by atoms with van der Waals surface area (Å²) in [4.78, 5) is 27.5. The van der Waals surface area contributed by atoms with E-state index >= 15 is 0 Å². The van der Waals surface area contributed by atoms with Crippen molar-refractivity contribution in [3.8, 4) is 11.5 Å². The Balaban J connectivity index is 1.78. The van der Waals surface area contributed by atoms with Crippen molar-refractivity contribution in [2.75, 3.05) is 33.2 Å². The summed E-state index contributed by atoms with van der Waals surface area (Å²) >= 11 is 6.60. The third-order valence-corrected chi connectivity index (χ3v) is 6.25. The first-order valence-electron chi connectivity index (χ1n) is 10.7.